The predicted octanol–water partition coefficient (Wildman–Crippen LogP) is 3.19. The molecule has 0 bridgehead atoms. The molecule has 1 saturated carbocycles. The van der Waals surface area contributed by atoms with E-state index in [1.54, 1.807) is 0 Å². The van der Waals surface area contributed by atoms with Crippen LogP contribution in [0.3, 0.4) is 0 Å². The zero-order valence-electron chi connectivity index (χ0n) is 11.7. The van der Waals surface area contributed by atoms with E-state index in [4.69, 9.17) is 11.6 Å². The van der Waals surface area contributed by atoms with Crippen LogP contribution in [0.4, 0.5) is 0 Å². The summed E-state index contributed by atoms with van der Waals surface area (Å²) in [5.41, 5.74) is 2.19. The Balaban J connectivity index is 2.17. The Labute approximate surface area is 115 Å². The van der Waals surface area contributed by atoms with Crippen LogP contribution >= 0.6 is 11.6 Å². The Morgan fingerprint density at radius 2 is 2.11 bits per heavy atom. The number of aryl methyl sites for hydroxylation is 2. The highest BCUT2D eigenvalue weighted by atomic mass is 35.5. The molecule has 4 heteroatoms. The Kier molecular flexibility index (Phi) is 4.68. The highest BCUT2D eigenvalue weighted by molar-refractivity contribution is 6.31. The summed E-state index contributed by atoms with van der Waals surface area (Å²) in [5, 5.41) is 8.85. The average Bonchev–Trinajstić information content (AvgIpc) is 2.67. The monoisotopic (exact) mass is 269 g/mol. The fourth-order valence-electron chi connectivity index (χ4n) is 3.14. The zero-order valence-corrected chi connectivity index (χ0v) is 12.4. The standard InChI is InChI=1S/C14H24ClN3/c1-4-18-13(14(15)10(2)17-18)9-11-7-5-6-8-12(11)16-3/h11-12,16H,4-9H2,1-3H3. The lowest BCUT2D eigenvalue weighted by molar-refractivity contribution is 0.268. The summed E-state index contributed by atoms with van der Waals surface area (Å²) in [7, 11) is 2.08. The average molecular weight is 270 g/mol. The van der Waals surface area contributed by atoms with E-state index in [2.05, 4.69) is 29.1 Å². The summed E-state index contributed by atoms with van der Waals surface area (Å²) in [5.74, 6) is 0.697. The summed E-state index contributed by atoms with van der Waals surface area (Å²) in [6.07, 6.45) is 6.34. The largest absolute Gasteiger partial charge is 0.317 e. The van der Waals surface area contributed by atoms with Crippen molar-refractivity contribution in [2.24, 2.45) is 5.92 Å². The van der Waals surface area contributed by atoms with Crippen LogP contribution in [0.25, 0.3) is 0 Å². The van der Waals surface area contributed by atoms with Crippen LogP contribution in [0.5, 0.6) is 0 Å². The maximum atomic E-state index is 6.40. The van der Waals surface area contributed by atoms with Crippen LogP contribution in [-0.2, 0) is 13.0 Å². The van der Waals surface area contributed by atoms with Crippen molar-refractivity contribution in [2.75, 3.05) is 7.05 Å². The van der Waals surface area contributed by atoms with Gasteiger partial charge in [0.2, 0.25) is 0 Å². The molecule has 0 spiro atoms. The molecule has 0 amide bonds. The fraction of sp³-hybridized carbons (Fsp3) is 0.786. The van der Waals surface area contributed by atoms with Crippen molar-refractivity contribution in [2.45, 2.75) is 58.5 Å². The van der Waals surface area contributed by atoms with E-state index in [-0.39, 0.29) is 0 Å². The molecule has 1 aromatic heterocycles. The molecule has 1 heterocycles. The molecule has 18 heavy (non-hydrogen) atoms. The molecule has 0 saturated heterocycles. The fourth-order valence-corrected chi connectivity index (χ4v) is 3.36. The minimum atomic E-state index is 0.635. The summed E-state index contributed by atoms with van der Waals surface area (Å²) in [6.45, 7) is 5.02. The van der Waals surface area contributed by atoms with Crippen molar-refractivity contribution in [3.8, 4) is 0 Å². The summed E-state index contributed by atoms with van der Waals surface area (Å²) in [4.78, 5) is 0. The van der Waals surface area contributed by atoms with Gasteiger partial charge < -0.3 is 5.32 Å². The van der Waals surface area contributed by atoms with Crippen molar-refractivity contribution in [1.29, 1.82) is 0 Å². The molecule has 1 aliphatic rings. The van der Waals surface area contributed by atoms with E-state index in [0.29, 0.717) is 12.0 Å². The van der Waals surface area contributed by atoms with E-state index in [1.807, 2.05) is 6.92 Å². The van der Waals surface area contributed by atoms with Crippen LogP contribution < -0.4 is 5.32 Å². The highest BCUT2D eigenvalue weighted by Gasteiger charge is 2.26. The smallest absolute Gasteiger partial charge is 0.0847 e. The normalized spacial score (nSPS) is 24.4. The molecule has 0 radical (unpaired) electrons. The summed E-state index contributed by atoms with van der Waals surface area (Å²) in [6, 6.07) is 0.635. The van der Waals surface area contributed by atoms with Gasteiger partial charge in [-0.2, -0.15) is 5.10 Å². The zero-order chi connectivity index (χ0) is 13.1. The maximum absolute atomic E-state index is 6.40. The third kappa shape index (κ3) is 2.72. The molecule has 1 N–H and O–H groups in total. The van der Waals surface area contributed by atoms with Crippen molar-refractivity contribution in [3.05, 3.63) is 16.4 Å². The lowest BCUT2D eigenvalue weighted by Crippen LogP contribution is -2.37. The van der Waals surface area contributed by atoms with E-state index >= 15 is 0 Å². The Morgan fingerprint density at radius 3 is 2.78 bits per heavy atom. The molecule has 0 aliphatic heterocycles. The first-order valence-corrected chi connectivity index (χ1v) is 7.44. The second-order valence-corrected chi connectivity index (χ2v) is 5.68. The van der Waals surface area contributed by atoms with Gasteiger partial charge >= 0.3 is 0 Å². The van der Waals surface area contributed by atoms with Gasteiger partial charge in [0.15, 0.2) is 0 Å². The Bertz CT molecular complexity index is 400. The first-order valence-electron chi connectivity index (χ1n) is 7.06. The lowest BCUT2D eigenvalue weighted by Gasteiger charge is -2.31. The number of nitrogens with zero attached hydrogens (tertiary/aromatic N) is 2. The van der Waals surface area contributed by atoms with Crippen molar-refractivity contribution in [1.82, 2.24) is 15.1 Å². The van der Waals surface area contributed by atoms with Gasteiger partial charge in [-0.05, 0) is 46.1 Å². The highest BCUT2D eigenvalue weighted by Crippen LogP contribution is 2.30. The van der Waals surface area contributed by atoms with E-state index < -0.39 is 0 Å². The topological polar surface area (TPSA) is 29.9 Å². The van der Waals surface area contributed by atoms with Gasteiger partial charge in [-0.25, -0.2) is 0 Å². The molecular weight excluding hydrogens is 246 g/mol. The third-order valence-corrected chi connectivity index (χ3v) is 4.68. The molecule has 2 unspecified atom stereocenters. The number of rotatable bonds is 4. The number of hydrogen-bond donors (Lipinski definition) is 1. The summed E-state index contributed by atoms with van der Waals surface area (Å²) < 4.78 is 2.07. The molecule has 1 aromatic rings. The van der Waals surface area contributed by atoms with Crippen molar-refractivity contribution < 1.29 is 0 Å². The van der Waals surface area contributed by atoms with Gasteiger partial charge in [-0.3, -0.25) is 4.68 Å². The quantitative estimate of drug-likeness (QED) is 0.910. The number of aromatic nitrogens is 2. The number of nitrogens with one attached hydrogen (secondary N) is 1. The third-order valence-electron chi connectivity index (χ3n) is 4.19. The Hall–Kier alpha value is -0.540. The van der Waals surface area contributed by atoms with E-state index in [9.17, 15) is 0 Å². The lowest BCUT2D eigenvalue weighted by atomic mass is 9.81. The molecule has 102 valence electrons. The Morgan fingerprint density at radius 1 is 1.39 bits per heavy atom. The number of halogens is 1. The minimum Gasteiger partial charge on any atom is -0.317 e. The SMILES string of the molecule is CCn1nc(C)c(Cl)c1CC1CCCCC1NC. The van der Waals surface area contributed by atoms with Gasteiger partial charge in [0.25, 0.3) is 0 Å². The summed E-state index contributed by atoms with van der Waals surface area (Å²) >= 11 is 6.40. The van der Waals surface area contributed by atoms with Gasteiger partial charge in [-0.1, -0.05) is 24.4 Å². The van der Waals surface area contributed by atoms with E-state index in [1.165, 1.54) is 31.4 Å². The van der Waals surface area contributed by atoms with Crippen molar-refractivity contribution >= 4 is 11.6 Å². The number of hydrogen-bond acceptors (Lipinski definition) is 2. The van der Waals surface area contributed by atoms with Gasteiger partial charge in [0.1, 0.15) is 0 Å². The molecular formula is C14H24ClN3. The molecule has 2 rings (SSSR count). The van der Waals surface area contributed by atoms with E-state index in [0.717, 1.165) is 23.7 Å². The van der Waals surface area contributed by atoms with Crippen LogP contribution in [0, 0.1) is 12.8 Å². The first-order chi connectivity index (χ1) is 8.67. The molecule has 2 atom stereocenters. The van der Waals surface area contributed by atoms with Gasteiger partial charge in [-0.15, -0.1) is 0 Å². The van der Waals surface area contributed by atoms with Crippen LogP contribution in [0.15, 0.2) is 0 Å². The second-order valence-electron chi connectivity index (χ2n) is 5.31. The molecule has 1 aliphatic carbocycles. The maximum Gasteiger partial charge on any atom is 0.0847 e. The van der Waals surface area contributed by atoms with Crippen LogP contribution in [0.1, 0.15) is 44.0 Å². The molecule has 3 nitrogen and oxygen atoms in total. The van der Waals surface area contributed by atoms with Crippen LogP contribution in [0.2, 0.25) is 5.02 Å². The minimum absolute atomic E-state index is 0.635. The van der Waals surface area contributed by atoms with Crippen molar-refractivity contribution in [3.63, 3.8) is 0 Å². The molecule has 1 fully saturated rings. The molecule has 0 aromatic carbocycles. The predicted molar refractivity (Wildman–Crippen MR) is 76.2 cm³/mol. The van der Waals surface area contributed by atoms with Gasteiger partial charge in [0, 0.05) is 12.6 Å². The second kappa shape index (κ2) is 6.07. The van der Waals surface area contributed by atoms with Crippen LogP contribution in [-0.4, -0.2) is 22.9 Å². The first kappa shape index (κ1) is 13.9. The van der Waals surface area contributed by atoms with Gasteiger partial charge in [0.05, 0.1) is 16.4 Å².